The van der Waals surface area contributed by atoms with Crippen molar-refractivity contribution in [3.63, 3.8) is 0 Å². The summed E-state index contributed by atoms with van der Waals surface area (Å²) in [4.78, 5) is 20.8. The van der Waals surface area contributed by atoms with Gasteiger partial charge in [-0.15, -0.1) is 0 Å². The molecule has 1 aromatic heterocycles. The zero-order chi connectivity index (χ0) is 20.2. The number of amides is 1. The Labute approximate surface area is 170 Å². The predicted octanol–water partition coefficient (Wildman–Crippen LogP) is 3.00. The molecule has 0 saturated carbocycles. The summed E-state index contributed by atoms with van der Waals surface area (Å²) in [5.74, 6) is -0.116. The van der Waals surface area contributed by atoms with Crippen molar-refractivity contribution in [3.8, 4) is 0 Å². The summed E-state index contributed by atoms with van der Waals surface area (Å²) in [6.45, 7) is 3.30. The van der Waals surface area contributed by atoms with E-state index in [-0.39, 0.29) is 23.7 Å². The number of anilines is 3. The molecule has 0 aliphatic carbocycles. The molecule has 1 amide bonds. The lowest BCUT2D eigenvalue weighted by Gasteiger charge is -2.38. The number of carbonyl (C=O) groups excluding carboxylic acids is 1. The SMILES string of the molecule is NC(=O)[C@H]1C[C@@H](Nc2cc(N3CCCCC3)ccn2)CN(c2cccc(F)c2)C1. The zero-order valence-corrected chi connectivity index (χ0v) is 16.6. The molecule has 1 aromatic carbocycles. The fourth-order valence-corrected chi connectivity index (χ4v) is 4.35. The van der Waals surface area contributed by atoms with Crippen LogP contribution in [-0.2, 0) is 4.79 Å². The van der Waals surface area contributed by atoms with Crippen molar-refractivity contribution in [2.75, 3.05) is 41.3 Å². The lowest BCUT2D eigenvalue weighted by molar-refractivity contribution is -0.122. The van der Waals surface area contributed by atoms with Crippen LogP contribution in [0.3, 0.4) is 0 Å². The van der Waals surface area contributed by atoms with Crippen LogP contribution in [-0.4, -0.2) is 43.1 Å². The minimum absolute atomic E-state index is 0.00590. The Bertz CT molecular complexity index is 855. The number of piperidine rings is 2. The number of benzene rings is 1. The second kappa shape index (κ2) is 8.68. The van der Waals surface area contributed by atoms with Gasteiger partial charge in [-0.2, -0.15) is 0 Å². The highest BCUT2D eigenvalue weighted by Gasteiger charge is 2.31. The minimum atomic E-state index is -0.326. The lowest BCUT2D eigenvalue weighted by Crippen LogP contribution is -2.50. The number of carbonyl (C=O) groups is 1. The highest BCUT2D eigenvalue weighted by molar-refractivity contribution is 5.78. The van der Waals surface area contributed by atoms with E-state index >= 15 is 0 Å². The Hall–Kier alpha value is -2.83. The third-order valence-corrected chi connectivity index (χ3v) is 5.84. The standard InChI is InChI=1S/C22H28FN5O/c23-17-5-4-6-19(12-17)28-14-16(22(24)29)11-18(15-28)26-21-13-20(7-8-25-21)27-9-2-1-3-10-27/h4-8,12-13,16,18H,1-3,9-11,14-15H2,(H2,24,29)(H,25,26)/t16-,18+/m0/s1. The Morgan fingerprint density at radius 2 is 1.86 bits per heavy atom. The molecule has 154 valence electrons. The first-order valence-electron chi connectivity index (χ1n) is 10.4. The number of hydrogen-bond acceptors (Lipinski definition) is 5. The van der Waals surface area contributed by atoms with Gasteiger partial charge in [-0.1, -0.05) is 6.07 Å². The summed E-state index contributed by atoms with van der Waals surface area (Å²) in [5, 5.41) is 3.48. The fourth-order valence-electron chi connectivity index (χ4n) is 4.35. The number of nitrogens with one attached hydrogen (secondary N) is 1. The third-order valence-electron chi connectivity index (χ3n) is 5.84. The van der Waals surface area contributed by atoms with E-state index in [1.807, 2.05) is 23.2 Å². The molecular formula is C22H28FN5O. The molecule has 2 atom stereocenters. The molecule has 0 bridgehead atoms. The number of pyridine rings is 1. The average Bonchev–Trinajstić information content (AvgIpc) is 2.74. The molecule has 3 heterocycles. The summed E-state index contributed by atoms with van der Waals surface area (Å²) in [6.07, 6.45) is 6.19. The zero-order valence-electron chi connectivity index (χ0n) is 16.6. The Morgan fingerprint density at radius 1 is 1.07 bits per heavy atom. The molecule has 0 unspecified atom stereocenters. The van der Waals surface area contributed by atoms with Crippen molar-refractivity contribution in [2.24, 2.45) is 11.7 Å². The third kappa shape index (κ3) is 4.78. The van der Waals surface area contributed by atoms with Crippen molar-refractivity contribution in [1.82, 2.24) is 4.98 Å². The summed E-state index contributed by atoms with van der Waals surface area (Å²) in [6, 6.07) is 10.6. The van der Waals surface area contributed by atoms with Crippen LogP contribution in [0.15, 0.2) is 42.6 Å². The van der Waals surface area contributed by atoms with Gasteiger partial charge in [0.2, 0.25) is 5.91 Å². The van der Waals surface area contributed by atoms with E-state index in [4.69, 9.17) is 5.73 Å². The van der Waals surface area contributed by atoms with Gasteiger partial charge in [-0.05, 0) is 49.9 Å². The minimum Gasteiger partial charge on any atom is -0.371 e. The average molecular weight is 397 g/mol. The van der Waals surface area contributed by atoms with Crippen LogP contribution in [0.2, 0.25) is 0 Å². The molecule has 2 aliphatic heterocycles. The van der Waals surface area contributed by atoms with E-state index in [1.165, 1.54) is 37.1 Å². The maximum absolute atomic E-state index is 13.7. The van der Waals surface area contributed by atoms with E-state index in [0.29, 0.717) is 19.5 Å². The normalized spacial score (nSPS) is 22.4. The molecule has 0 spiro atoms. The van der Waals surface area contributed by atoms with Gasteiger partial charge in [-0.3, -0.25) is 4.79 Å². The van der Waals surface area contributed by atoms with Gasteiger partial charge in [0.1, 0.15) is 11.6 Å². The highest BCUT2D eigenvalue weighted by atomic mass is 19.1. The van der Waals surface area contributed by atoms with Gasteiger partial charge in [0, 0.05) is 55.9 Å². The number of hydrogen-bond donors (Lipinski definition) is 2. The van der Waals surface area contributed by atoms with Gasteiger partial charge in [-0.25, -0.2) is 9.37 Å². The first-order chi connectivity index (χ1) is 14.1. The molecule has 2 aromatic rings. The Morgan fingerprint density at radius 3 is 2.62 bits per heavy atom. The van der Waals surface area contributed by atoms with Crippen molar-refractivity contribution in [1.29, 1.82) is 0 Å². The van der Waals surface area contributed by atoms with Gasteiger partial charge in [0.25, 0.3) is 0 Å². The van der Waals surface area contributed by atoms with E-state index in [9.17, 15) is 9.18 Å². The molecule has 6 nitrogen and oxygen atoms in total. The Kier molecular flexibility index (Phi) is 5.83. The lowest BCUT2D eigenvalue weighted by atomic mass is 9.93. The highest BCUT2D eigenvalue weighted by Crippen LogP contribution is 2.27. The quantitative estimate of drug-likeness (QED) is 0.811. The van der Waals surface area contributed by atoms with E-state index in [2.05, 4.69) is 21.3 Å². The molecule has 2 aliphatic rings. The molecule has 2 saturated heterocycles. The predicted molar refractivity (Wildman–Crippen MR) is 114 cm³/mol. The molecule has 29 heavy (non-hydrogen) atoms. The van der Waals surface area contributed by atoms with Crippen LogP contribution in [0.25, 0.3) is 0 Å². The van der Waals surface area contributed by atoms with E-state index < -0.39 is 0 Å². The van der Waals surface area contributed by atoms with Crippen LogP contribution in [0.5, 0.6) is 0 Å². The summed E-state index contributed by atoms with van der Waals surface area (Å²) in [7, 11) is 0. The molecule has 4 rings (SSSR count). The number of halogens is 1. The first-order valence-corrected chi connectivity index (χ1v) is 10.4. The van der Waals surface area contributed by atoms with Crippen LogP contribution in [0, 0.1) is 11.7 Å². The molecule has 0 radical (unpaired) electrons. The Balaban J connectivity index is 1.50. The summed E-state index contributed by atoms with van der Waals surface area (Å²) >= 11 is 0. The van der Waals surface area contributed by atoms with Crippen LogP contribution in [0.1, 0.15) is 25.7 Å². The van der Waals surface area contributed by atoms with E-state index in [0.717, 1.165) is 24.6 Å². The summed E-state index contributed by atoms with van der Waals surface area (Å²) < 4.78 is 13.7. The van der Waals surface area contributed by atoms with Gasteiger partial charge < -0.3 is 20.9 Å². The monoisotopic (exact) mass is 397 g/mol. The first kappa shape index (κ1) is 19.5. The van der Waals surface area contributed by atoms with Gasteiger partial charge in [0.05, 0.1) is 5.92 Å². The number of nitrogens with zero attached hydrogens (tertiary/aromatic N) is 3. The largest absolute Gasteiger partial charge is 0.371 e. The van der Waals surface area contributed by atoms with E-state index in [1.54, 1.807) is 6.07 Å². The maximum atomic E-state index is 13.7. The molecular weight excluding hydrogens is 369 g/mol. The number of aromatic nitrogens is 1. The number of rotatable bonds is 5. The van der Waals surface area contributed by atoms with Crippen LogP contribution >= 0.6 is 0 Å². The maximum Gasteiger partial charge on any atom is 0.222 e. The smallest absolute Gasteiger partial charge is 0.222 e. The van der Waals surface area contributed by atoms with Crippen molar-refractivity contribution < 1.29 is 9.18 Å². The van der Waals surface area contributed by atoms with Gasteiger partial charge in [0.15, 0.2) is 0 Å². The second-order valence-corrected chi connectivity index (χ2v) is 8.01. The molecule has 7 heteroatoms. The topological polar surface area (TPSA) is 74.5 Å². The van der Waals surface area contributed by atoms with Crippen molar-refractivity contribution in [2.45, 2.75) is 31.7 Å². The molecule has 2 fully saturated rings. The fraction of sp³-hybridized carbons (Fsp3) is 0.455. The molecule has 3 N–H and O–H groups in total. The van der Waals surface area contributed by atoms with Crippen molar-refractivity contribution in [3.05, 3.63) is 48.4 Å². The number of primary amides is 1. The van der Waals surface area contributed by atoms with Crippen LogP contribution < -0.4 is 20.9 Å². The van der Waals surface area contributed by atoms with Crippen molar-refractivity contribution >= 4 is 23.1 Å². The second-order valence-electron chi connectivity index (χ2n) is 8.01. The summed E-state index contributed by atoms with van der Waals surface area (Å²) in [5.41, 5.74) is 7.56. The van der Waals surface area contributed by atoms with Crippen LogP contribution in [0.4, 0.5) is 21.6 Å². The van der Waals surface area contributed by atoms with Gasteiger partial charge >= 0.3 is 0 Å². The number of nitrogens with two attached hydrogens (primary N) is 1.